The van der Waals surface area contributed by atoms with Crippen molar-refractivity contribution >= 4 is 5.57 Å². The maximum Gasteiger partial charge on any atom is 0.111 e. The number of benzene rings is 2. The number of aryl methyl sites for hydroxylation is 1. The Morgan fingerprint density at radius 2 is 1.54 bits per heavy atom. The van der Waals surface area contributed by atoms with Gasteiger partial charge in [0.25, 0.3) is 0 Å². The minimum absolute atomic E-state index is 0.280. The Bertz CT molecular complexity index is 766. The lowest BCUT2D eigenvalue weighted by Gasteiger charge is -2.34. The van der Waals surface area contributed by atoms with Gasteiger partial charge in [0, 0.05) is 5.92 Å². The fraction of sp³-hybridized carbons (Fsp3) is 0.364. The van der Waals surface area contributed by atoms with Crippen LogP contribution in [0.4, 0.5) is 0 Å². The molecule has 4 N–H and O–H groups in total. The van der Waals surface area contributed by atoms with Gasteiger partial charge in [0.15, 0.2) is 0 Å². The second-order valence-corrected chi connectivity index (χ2v) is 6.94. The van der Waals surface area contributed by atoms with Crippen molar-refractivity contribution in [3.05, 3.63) is 76.9 Å². The van der Waals surface area contributed by atoms with Crippen LogP contribution in [0.2, 0.25) is 0 Å². The molecule has 0 heterocycles. The molecule has 1 aliphatic rings. The summed E-state index contributed by atoms with van der Waals surface area (Å²) in [5.41, 5.74) is 4.96. The molecule has 26 heavy (non-hydrogen) atoms. The average molecular weight is 354 g/mol. The van der Waals surface area contributed by atoms with E-state index < -0.39 is 24.2 Å². The zero-order valence-corrected chi connectivity index (χ0v) is 14.9. The quantitative estimate of drug-likeness (QED) is 0.661. The highest BCUT2D eigenvalue weighted by atomic mass is 16.4. The normalized spacial score (nSPS) is 25.8. The molecule has 4 atom stereocenters. The van der Waals surface area contributed by atoms with Gasteiger partial charge in [0.1, 0.15) is 12.2 Å². The van der Waals surface area contributed by atoms with E-state index in [9.17, 15) is 20.4 Å². The highest BCUT2D eigenvalue weighted by Crippen LogP contribution is 2.31. The Hall–Kier alpha value is -1.98. The second-order valence-electron chi connectivity index (χ2n) is 6.94. The van der Waals surface area contributed by atoms with Crippen molar-refractivity contribution < 1.29 is 20.4 Å². The van der Waals surface area contributed by atoms with Crippen LogP contribution in [0.3, 0.4) is 0 Å². The van der Waals surface area contributed by atoms with Crippen molar-refractivity contribution in [3.8, 4) is 0 Å². The smallest absolute Gasteiger partial charge is 0.111 e. The van der Waals surface area contributed by atoms with Crippen LogP contribution in [0.1, 0.15) is 29.2 Å². The molecule has 0 saturated carbocycles. The summed E-state index contributed by atoms with van der Waals surface area (Å²) in [4.78, 5) is 0. The van der Waals surface area contributed by atoms with Gasteiger partial charge in [0.05, 0.1) is 12.7 Å². The predicted molar refractivity (Wildman–Crippen MR) is 102 cm³/mol. The number of aliphatic hydroxyl groups is 4. The molecule has 0 spiro atoms. The summed E-state index contributed by atoms with van der Waals surface area (Å²) >= 11 is 0. The fourth-order valence-electron chi connectivity index (χ4n) is 3.47. The molecule has 0 amide bonds. The van der Waals surface area contributed by atoms with E-state index >= 15 is 0 Å². The monoisotopic (exact) mass is 354 g/mol. The van der Waals surface area contributed by atoms with Crippen molar-refractivity contribution in [3.63, 3.8) is 0 Å². The largest absolute Gasteiger partial charge is 0.396 e. The molecule has 1 aliphatic carbocycles. The molecule has 4 heteroatoms. The molecule has 0 fully saturated rings. The first-order valence-electron chi connectivity index (χ1n) is 9.07. The minimum Gasteiger partial charge on any atom is -0.396 e. The summed E-state index contributed by atoms with van der Waals surface area (Å²) in [6.45, 7) is 1.85. The Morgan fingerprint density at radius 1 is 0.846 bits per heavy atom. The molecule has 0 bridgehead atoms. The molecule has 0 saturated heterocycles. The first-order valence-corrected chi connectivity index (χ1v) is 9.07. The number of hydrogen-bond donors (Lipinski definition) is 4. The number of rotatable bonds is 5. The third-order valence-corrected chi connectivity index (χ3v) is 5.13. The van der Waals surface area contributed by atoms with Gasteiger partial charge in [-0.15, -0.1) is 0 Å². The Morgan fingerprint density at radius 3 is 2.19 bits per heavy atom. The lowest BCUT2D eigenvalue weighted by atomic mass is 9.81. The molecule has 0 aliphatic heterocycles. The van der Waals surface area contributed by atoms with Crippen molar-refractivity contribution in [2.45, 2.75) is 38.1 Å². The summed E-state index contributed by atoms with van der Waals surface area (Å²) in [7, 11) is 0. The van der Waals surface area contributed by atoms with Gasteiger partial charge in [0.2, 0.25) is 0 Å². The standard InChI is InChI=1S/C22H26O4/c1-2-14-6-8-15(9-7-14)10-16-4-3-5-17(11-16)19-12-18(13-23)20(24)22(26)21(19)25/h3-9,11-12,18,20-26H,2,10,13H2,1H3/t18-,20-,21+,22-/m1/s1. The van der Waals surface area contributed by atoms with Crippen molar-refractivity contribution in [1.29, 1.82) is 0 Å². The van der Waals surface area contributed by atoms with Crippen molar-refractivity contribution in [2.75, 3.05) is 6.61 Å². The van der Waals surface area contributed by atoms with E-state index in [1.165, 1.54) is 11.1 Å². The Labute approximate surface area is 154 Å². The third kappa shape index (κ3) is 3.89. The highest BCUT2D eigenvalue weighted by Gasteiger charge is 2.37. The zero-order valence-electron chi connectivity index (χ0n) is 14.9. The van der Waals surface area contributed by atoms with Gasteiger partial charge in [-0.25, -0.2) is 0 Å². The molecular formula is C22H26O4. The molecule has 0 unspecified atom stereocenters. The van der Waals surface area contributed by atoms with E-state index in [2.05, 4.69) is 31.2 Å². The molecule has 2 aromatic rings. The van der Waals surface area contributed by atoms with Crippen molar-refractivity contribution in [1.82, 2.24) is 0 Å². The van der Waals surface area contributed by atoms with Crippen LogP contribution in [-0.2, 0) is 12.8 Å². The second kappa shape index (κ2) is 8.14. The molecule has 3 rings (SSSR count). The van der Waals surface area contributed by atoms with E-state index in [0.717, 1.165) is 24.0 Å². The van der Waals surface area contributed by atoms with E-state index in [1.807, 2.05) is 24.3 Å². The number of aliphatic hydroxyl groups excluding tert-OH is 4. The van der Waals surface area contributed by atoms with Crippen LogP contribution in [0.15, 0.2) is 54.6 Å². The third-order valence-electron chi connectivity index (χ3n) is 5.13. The van der Waals surface area contributed by atoms with Crippen LogP contribution in [0.25, 0.3) is 5.57 Å². The van der Waals surface area contributed by atoms with Gasteiger partial charge in [-0.3, -0.25) is 0 Å². The molecule has 0 aromatic heterocycles. The van der Waals surface area contributed by atoms with Crippen LogP contribution in [0, 0.1) is 5.92 Å². The van der Waals surface area contributed by atoms with E-state index in [4.69, 9.17) is 0 Å². The molecule has 138 valence electrons. The minimum atomic E-state index is -1.31. The molecule has 0 radical (unpaired) electrons. The SMILES string of the molecule is CCc1ccc(Cc2cccc(C3=C[C@H](CO)[C@@H](O)[C@@H](O)[C@H]3O)c2)cc1. The van der Waals surface area contributed by atoms with Crippen LogP contribution >= 0.6 is 0 Å². The van der Waals surface area contributed by atoms with Gasteiger partial charge in [-0.1, -0.05) is 61.5 Å². The zero-order chi connectivity index (χ0) is 18.7. The van der Waals surface area contributed by atoms with Crippen LogP contribution in [-0.4, -0.2) is 45.3 Å². The van der Waals surface area contributed by atoms with E-state index in [0.29, 0.717) is 5.57 Å². The summed E-state index contributed by atoms with van der Waals surface area (Å²) in [5, 5.41) is 39.8. The predicted octanol–water partition coefficient (Wildman–Crippen LogP) is 1.93. The first kappa shape index (κ1) is 18.8. The summed E-state index contributed by atoms with van der Waals surface area (Å²) in [6.07, 6.45) is -0.196. The topological polar surface area (TPSA) is 80.9 Å². The van der Waals surface area contributed by atoms with Gasteiger partial charge < -0.3 is 20.4 Å². The summed E-state index contributed by atoms with van der Waals surface area (Å²) in [6, 6.07) is 16.3. The van der Waals surface area contributed by atoms with Gasteiger partial charge in [-0.2, -0.15) is 0 Å². The molecule has 2 aromatic carbocycles. The first-order chi connectivity index (χ1) is 12.5. The van der Waals surface area contributed by atoms with Gasteiger partial charge in [-0.05, 0) is 40.7 Å². The maximum absolute atomic E-state index is 10.4. The van der Waals surface area contributed by atoms with Gasteiger partial charge >= 0.3 is 0 Å². The fourth-order valence-corrected chi connectivity index (χ4v) is 3.47. The Kier molecular flexibility index (Phi) is 5.89. The summed E-state index contributed by atoms with van der Waals surface area (Å²) < 4.78 is 0. The molecule has 4 nitrogen and oxygen atoms in total. The van der Waals surface area contributed by atoms with E-state index in [1.54, 1.807) is 6.08 Å². The van der Waals surface area contributed by atoms with Crippen molar-refractivity contribution in [2.24, 2.45) is 5.92 Å². The average Bonchev–Trinajstić information content (AvgIpc) is 2.67. The highest BCUT2D eigenvalue weighted by molar-refractivity contribution is 5.71. The number of hydrogen-bond acceptors (Lipinski definition) is 4. The van der Waals surface area contributed by atoms with Crippen LogP contribution < -0.4 is 0 Å². The summed E-state index contributed by atoms with van der Waals surface area (Å²) in [5.74, 6) is -0.589. The lowest BCUT2D eigenvalue weighted by Crippen LogP contribution is -2.46. The van der Waals surface area contributed by atoms with Crippen LogP contribution in [0.5, 0.6) is 0 Å². The lowest BCUT2D eigenvalue weighted by molar-refractivity contribution is -0.0687. The van der Waals surface area contributed by atoms with E-state index in [-0.39, 0.29) is 6.61 Å². The maximum atomic E-state index is 10.4. The molecular weight excluding hydrogens is 328 g/mol. The Balaban J connectivity index is 1.86.